The minimum absolute atomic E-state index is 0.0723. The lowest BCUT2D eigenvalue weighted by Gasteiger charge is -2.36. The van der Waals surface area contributed by atoms with Gasteiger partial charge in [0.2, 0.25) is 5.72 Å². The molecule has 6 heteroatoms. The van der Waals surface area contributed by atoms with Crippen LogP contribution in [0.2, 0.25) is 0 Å². The number of hydrogen-bond acceptors (Lipinski definition) is 3. The number of carbonyl (C=O) groups excluding carboxylic acids is 1. The molecule has 0 fully saturated rings. The third-order valence-electron chi connectivity index (χ3n) is 5.44. The number of carboxylic acids is 1. The van der Waals surface area contributed by atoms with Crippen molar-refractivity contribution >= 4 is 17.4 Å². The summed E-state index contributed by atoms with van der Waals surface area (Å²) in [6.45, 7) is 0. The van der Waals surface area contributed by atoms with Crippen LogP contribution >= 0.6 is 0 Å². The van der Waals surface area contributed by atoms with Crippen LogP contribution in [0.4, 0.5) is 4.39 Å². The monoisotopic (exact) mass is 419 g/mol. The first-order valence-corrected chi connectivity index (χ1v) is 10.1. The van der Waals surface area contributed by atoms with Crippen molar-refractivity contribution < 1.29 is 23.8 Å². The van der Waals surface area contributed by atoms with Crippen LogP contribution < -0.4 is 10.1 Å². The predicted molar refractivity (Wildman–Crippen MR) is 115 cm³/mol. The Bertz CT molecular complexity index is 1080. The van der Waals surface area contributed by atoms with E-state index in [1.165, 1.54) is 12.2 Å². The Labute approximate surface area is 179 Å². The summed E-state index contributed by atoms with van der Waals surface area (Å²) in [6.07, 6.45) is 4.12. The maximum Gasteiger partial charge on any atom is 0.332 e. The SMILES string of the molecule is O=C(O)C1=C(C(=O)NC2(Oc3ccccc3)C=CC(c3ccccc3)=CC2F)CCC1. The Kier molecular flexibility index (Phi) is 5.71. The van der Waals surface area contributed by atoms with Crippen LogP contribution in [0.15, 0.2) is 90.0 Å². The van der Waals surface area contributed by atoms with Crippen molar-refractivity contribution in [3.63, 3.8) is 0 Å². The van der Waals surface area contributed by atoms with Crippen LogP contribution in [0.25, 0.3) is 5.57 Å². The first-order valence-electron chi connectivity index (χ1n) is 10.1. The van der Waals surface area contributed by atoms with E-state index < -0.39 is 23.8 Å². The van der Waals surface area contributed by atoms with Gasteiger partial charge in [-0.2, -0.15) is 0 Å². The van der Waals surface area contributed by atoms with Crippen LogP contribution in [-0.4, -0.2) is 28.9 Å². The molecule has 0 aliphatic heterocycles. The smallest absolute Gasteiger partial charge is 0.332 e. The second kappa shape index (κ2) is 8.60. The van der Waals surface area contributed by atoms with Crippen molar-refractivity contribution in [2.75, 3.05) is 0 Å². The molecule has 0 aromatic heterocycles. The maximum absolute atomic E-state index is 15.6. The summed E-state index contributed by atoms with van der Waals surface area (Å²) in [5, 5.41) is 12.0. The number of para-hydroxylation sites is 1. The Morgan fingerprint density at radius 3 is 2.29 bits per heavy atom. The van der Waals surface area contributed by atoms with Gasteiger partial charge >= 0.3 is 5.97 Å². The molecular formula is C25H22FNO4. The fraction of sp³-hybridized carbons (Fsp3) is 0.200. The average molecular weight is 419 g/mol. The number of hydrogen-bond donors (Lipinski definition) is 2. The van der Waals surface area contributed by atoms with Gasteiger partial charge < -0.3 is 15.2 Å². The Balaban J connectivity index is 1.68. The lowest BCUT2D eigenvalue weighted by Crippen LogP contribution is -2.58. The number of ether oxygens (including phenoxy) is 1. The molecule has 31 heavy (non-hydrogen) atoms. The summed E-state index contributed by atoms with van der Waals surface area (Å²) in [5.41, 5.74) is -0.0469. The lowest BCUT2D eigenvalue weighted by atomic mass is 9.92. The number of alkyl halides is 1. The van der Waals surface area contributed by atoms with Crippen LogP contribution in [0, 0.1) is 0 Å². The van der Waals surface area contributed by atoms with Gasteiger partial charge in [-0.25, -0.2) is 9.18 Å². The van der Waals surface area contributed by atoms with Gasteiger partial charge in [0, 0.05) is 11.1 Å². The molecule has 2 aromatic carbocycles. The van der Waals surface area contributed by atoms with E-state index in [9.17, 15) is 14.7 Å². The maximum atomic E-state index is 15.6. The molecule has 158 valence electrons. The number of benzene rings is 2. The average Bonchev–Trinajstić information content (AvgIpc) is 3.28. The van der Waals surface area contributed by atoms with Crippen molar-refractivity contribution in [1.29, 1.82) is 0 Å². The van der Waals surface area contributed by atoms with Crippen LogP contribution in [0.3, 0.4) is 0 Å². The van der Waals surface area contributed by atoms with Gasteiger partial charge in [-0.1, -0.05) is 54.6 Å². The van der Waals surface area contributed by atoms with Crippen molar-refractivity contribution in [3.05, 3.63) is 95.6 Å². The van der Waals surface area contributed by atoms with Crippen molar-refractivity contribution in [3.8, 4) is 5.75 Å². The molecule has 2 aromatic rings. The quantitative estimate of drug-likeness (QED) is 0.679. The molecule has 2 N–H and O–H groups in total. The third kappa shape index (κ3) is 4.28. The number of rotatable bonds is 6. The first-order chi connectivity index (χ1) is 15.0. The molecule has 0 radical (unpaired) electrons. The van der Waals surface area contributed by atoms with Gasteiger partial charge in [0.15, 0.2) is 6.17 Å². The molecule has 5 nitrogen and oxygen atoms in total. The molecule has 0 heterocycles. The van der Waals surface area contributed by atoms with E-state index in [1.807, 2.05) is 30.3 Å². The molecule has 0 spiro atoms. The van der Waals surface area contributed by atoms with Crippen LogP contribution in [0.5, 0.6) is 5.75 Å². The highest BCUT2D eigenvalue weighted by atomic mass is 19.1. The molecule has 0 bridgehead atoms. The molecule has 2 aliphatic rings. The molecule has 4 rings (SSSR count). The van der Waals surface area contributed by atoms with Gasteiger partial charge in [-0.3, -0.25) is 4.79 Å². The third-order valence-corrected chi connectivity index (χ3v) is 5.44. The van der Waals surface area contributed by atoms with E-state index in [1.54, 1.807) is 36.4 Å². The largest absolute Gasteiger partial charge is 0.478 e. The van der Waals surface area contributed by atoms with Crippen molar-refractivity contribution in [2.24, 2.45) is 0 Å². The standard InChI is InChI=1S/C25H22FNO4/c26-22-16-18(17-8-3-1-4-9-17)14-15-25(22,31-19-10-5-2-6-11-19)27-23(28)20-12-7-13-21(20)24(29)30/h1-6,8-11,14-16,22H,7,12-13H2,(H,27,28)(H,29,30). The van der Waals surface area contributed by atoms with Crippen molar-refractivity contribution in [2.45, 2.75) is 31.2 Å². The summed E-state index contributed by atoms with van der Waals surface area (Å²) in [4.78, 5) is 24.5. The normalized spacial score (nSPS) is 22.7. The number of nitrogens with one attached hydrogen (secondary N) is 1. The second-order valence-electron chi connectivity index (χ2n) is 7.50. The minimum atomic E-state index is -1.80. The Morgan fingerprint density at radius 1 is 1.00 bits per heavy atom. The van der Waals surface area contributed by atoms with E-state index in [-0.39, 0.29) is 11.1 Å². The Hall–Kier alpha value is -3.67. The molecule has 2 aliphatic carbocycles. The van der Waals surface area contributed by atoms with E-state index in [4.69, 9.17) is 4.74 Å². The number of halogens is 1. The molecule has 2 atom stereocenters. The molecule has 2 unspecified atom stereocenters. The predicted octanol–water partition coefficient (Wildman–Crippen LogP) is 4.43. The summed E-state index contributed by atoms with van der Waals surface area (Å²) < 4.78 is 21.6. The van der Waals surface area contributed by atoms with Gasteiger partial charge in [0.1, 0.15) is 5.75 Å². The van der Waals surface area contributed by atoms with E-state index >= 15 is 4.39 Å². The highest BCUT2D eigenvalue weighted by Gasteiger charge is 2.43. The topological polar surface area (TPSA) is 75.6 Å². The molecule has 0 saturated heterocycles. The van der Waals surface area contributed by atoms with Gasteiger partial charge in [0.25, 0.3) is 5.91 Å². The number of carboxylic acid groups (broad SMARTS) is 1. The zero-order chi connectivity index (χ0) is 21.8. The lowest BCUT2D eigenvalue weighted by molar-refractivity contribution is -0.133. The zero-order valence-electron chi connectivity index (χ0n) is 16.8. The van der Waals surface area contributed by atoms with Gasteiger partial charge in [0.05, 0.1) is 0 Å². The summed E-state index contributed by atoms with van der Waals surface area (Å²) in [5.74, 6) is -1.37. The van der Waals surface area contributed by atoms with Gasteiger partial charge in [-0.15, -0.1) is 0 Å². The van der Waals surface area contributed by atoms with E-state index in [0.29, 0.717) is 30.6 Å². The fourth-order valence-corrected chi connectivity index (χ4v) is 3.86. The fourth-order valence-electron chi connectivity index (χ4n) is 3.86. The summed E-state index contributed by atoms with van der Waals surface area (Å²) in [6, 6.07) is 18.0. The van der Waals surface area contributed by atoms with Crippen LogP contribution in [-0.2, 0) is 9.59 Å². The molecule has 1 amide bonds. The van der Waals surface area contributed by atoms with E-state index in [2.05, 4.69) is 5.32 Å². The minimum Gasteiger partial charge on any atom is -0.478 e. The number of carbonyl (C=O) groups is 2. The van der Waals surface area contributed by atoms with Crippen molar-refractivity contribution in [1.82, 2.24) is 5.32 Å². The first kappa shape index (κ1) is 20.6. The highest BCUT2D eigenvalue weighted by Crippen LogP contribution is 2.33. The van der Waals surface area contributed by atoms with Crippen LogP contribution in [0.1, 0.15) is 24.8 Å². The highest BCUT2D eigenvalue weighted by molar-refractivity contribution is 6.03. The number of amides is 1. The number of aliphatic carboxylic acids is 1. The second-order valence-corrected chi connectivity index (χ2v) is 7.50. The summed E-state index contributed by atoms with van der Waals surface area (Å²) in [7, 11) is 0. The zero-order valence-corrected chi connectivity index (χ0v) is 16.8. The Morgan fingerprint density at radius 2 is 1.65 bits per heavy atom. The molecule has 0 saturated carbocycles. The summed E-state index contributed by atoms with van der Waals surface area (Å²) >= 11 is 0. The number of allylic oxidation sites excluding steroid dienone is 2. The van der Waals surface area contributed by atoms with E-state index in [0.717, 1.165) is 5.56 Å². The van der Waals surface area contributed by atoms with Gasteiger partial charge in [-0.05, 0) is 54.7 Å². The molecular weight excluding hydrogens is 397 g/mol.